The molecule has 5 nitrogen and oxygen atoms in total. The summed E-state index contributed by atoms with van der Waals surface area (Å²) in [4.78, 5) is 27.2. The van der Waals surface area contributed by atoms with Gasteiger partial charge in [-0.05, 0) is 30.2 Å². The van der Waals surface area contributed by atoms with Crippen LogP contribution in [0.3, 0.4) is 0 Å². The van der Waals surface area contributed by atoms with Gasteiger partial charge in [0.1, 0.15) is 5.56 Å². The van der Waals surface area contributed by atoms with Gasteiger partial charge in [0.15, 0.2) is 0 Å². The zero-order valence-corrected chi connectivity index (χ0v) is 12.3. The standard InChI is InChI=1S/C17H17N3O2/c1-20-10-4-6-14(17(20)22)16(21)18-9-8-12-11-19-15-7-3-2-5-13(12)15/h2-7,10-11,19H,8-9H2,1H3,(H,18,21). The van der Waals surface area contributed by atoms with Gasteiger partial charge in [0, 0.05) is 36.9 Å². The molecule has 0 unspecified atom stereocenters. The number of aromatic amines is 1. The second-order valence-electron chi connectivity index (χ2n) is 5.20. The number of hydrogen-bond donors (Lipinski definition) is 2. The first kappa shape index (κ1) is 14.1. The number of fused-ring (bicyclic) bond motifs is 1. The third-order valence-electron chi connectivity index (χ3n) is 3.72. The Balaban J connectivity index is 1.67. The van der Waals surface area contributed by atoms with Gasteiger partial charge in [-0.25, -0.2) is 0 Å². The van der Waals surface area contributed by atoms with Crippen LogP contribution in [0, 0.1) is 0 Å². The molecule has 112 valence electrons. The monoisotopic (exact) mass is 295 g/mol. The van der Waals surface area contributed by atoms with Gasteiger partial charge in [-0.15, -0.1) is 0 Å². The summed E-state index contributed by atoms with van der Waals surface area (Å²) in [7, 11) is 1.63. The van der Waals surface area contributed by atoms with Gasteiger partial charge in [0.05, 0.1) is 0 Å². The van der Waals surface area contributed by atoms with E-state index in [1.807, 2.05) is 24.4 Å². The Kier molecular flexibility index (Phi) is 3.78. The van der Waals surface area contributed by atoms with Crippen LogP contribution in [0.1, 0.15) is 15.9 Å². The van der Waals surface area contributed by atoms with Crippen LogP contribution in [0.15, 0.2) is 53.6 Å². The molecule has 3 rings (SSSR count). The molecule has 1 amide bonds. The molecular weight excluding hydrogens is 278 g/mol. The van der Waals surface area contributed by atoms with Gasteiger partial charge in [0.2, 0.25) is 0 Å². The zero-order chi connectivity index (χ0) is 15.5. The van der Waals surface area contributed by atoms with Crippen LogP contribution in [-0.2, 0) is 13.5 Å². The summed E-state index contributed by atoms with van der Waals surface area (Å²) in [5.74, 6) is -0.332. The Morgan fingerprint density at radius 3 is 2.91 bits per heavy atom. The molecule has 0 bridgehead atoms. The summed E-state index contributed by atoms with van der Waals surface area (Å²) < 4.78 is 1.40. The van der Waals surface area contributed by atoms with E-state index in [4.69, 9.17) is 0 Å². The van der Waals surface area contributed by atoms with Crippen molar-refractivity contribution in [1.82, 2.24) is 14.9 Å². The number of para-hydroxylation sites is 1. The molecule has 0 atom stereocenters. The molecule has 0 saturated carbocycles. The normalized spacial score (nSPS) is 10.8. The van der Waals surface area contributed by atoms with Crippen LogP contribution < -0.4 is 10.9 Å². The van der Waals surface area contributed by atoms with Crippen LogP contribution in [0.4, 0.5) is 0 Å². The van der Waals surface area contributed by atoms with Gasteiger partial charge in [-0.1, -0.05) is 18.2 Å². The Morgan fingerprint density at radius 1 is 1.23 bits per heavy atom. The number of nitrogens with one attached hydrogen (secondary N) is 2. The number of nitrogens with zero attached hydrogens (tertiary/aromatic N) is 1. The summed E-state index contributed by atoms with van der Waals surface area (Å²) in [6, 6.07) is 11.3. The van der Waals surface area contributed by atoms with E-state index in [-0.39, 0.29) is 17.0 Å². The lowest BCUT2D eigenvalue weighted by Gasteiger charge is -2.05. The van der Waals surface area contributed by atoms with Gasteiger partial charge in [-0.3, -0.25) is 9.59 Å². The van der Waals surface area contributed by atoms with Crippen molar-refractivity contribution in [2.75, 3.05) is 6.54 Å². The molecule has 2 aromatic heterocycles. The largest absolute Gasteiger partial charge is 0.361 e. The predicted octanol–water partition coefficient (Wildman–Crippen LogP) is 1.84. The molecule has 3 aromatic rings. The average Bonchev–Trinajstić information content (AvgIpc) is 2.93. The molecule has 0 aliphatic heterocycles. The lowest BCUT2D eigenvalue weighted by molar-refractivity contribution is 0.0952. The number of aromatic nitrogens is 2. The fourth-order valence-electron chi connectivity index (χ4n) is 2.51. The smallest absolute Gasteiger partial charge is 0.263 e. The van der Waals surface area contributed by atoms with Gasteiger partial charge < -0.3 is 14.9 Å². The number of amides is 1. The Hall–Kier alpha value is -2.82. The number of carbonyl (C=O) groups is 1. The molecule has 1 aromatic carbocycles. The fraction of sp³-hybridized carbons (Fsp3) is 0.176. The number of hydrogen-bond acceptors (Lipinski definition) is 2. The average molecular weight is 295 g/mol. The molecule has 22 heavy (non-hydrogen) atoms. The number of H-pyrrole nitrogens is 1. The van der Waals surface area contributed by atoms with E-state index in [0.29, 0.717) is 13.0 Å². The topological polar surface area (TPSA) is 66.9 Å². The molecule has 2 heterocycles. The van der Waals surface area contributed by atoms with Gasteiger partial charge in [0.25, 0.3) is 11.5 Å². The fourth-order valence-corrected chi connectivity index (χ4v) is 2.51. The Bertz CT molecular complexity index is 877. The van der Waals surface area contributed by atoms with E-state index in [9.17, 15) is 9.59 Å². The van der Waals surface area contributed by atoms with E-state index in [0.717, 1.165) is 16.5 Å². The maximum Gasteiger partial charge on any atom is 0.263 e. The van der Waals surface area contributed by atoms with Crippen LogP contribution in [0.2, 0.25) is 0 Å². The molecule has 0 aliphatic carbocycles. The SMILES string of the molecule is Cn1cccc(C(=O)NCCc2c[nH]c3ccccc23)c1=O. The van der Waals surface area contributed by atoms with Crippen molar-refractivity contribution in [2.45, 2.75) is 6.42 Å². The van der Waals surface area contributed by atoms with E-state index >= 15 is 0 Å². The maximum absolute atomic E-state index is 12.1. The molecule has 2 N–H and O–H groups in total. The third kappa shape index (κ3) is 2.65. The molecule has 0 aliphatic rings. The number of benzene rings is 1. The molecule has 5 heteroatoms. The number of rotatable bonds is 4. The first-order valence-electron chi connectivity index (χ1n) is 7.15. The first-order chi connectivity index (χ1) is 10.7. The quantitative estimate of drug-likeness (QED) is 0.771. The zero-order valence-electron chi connectivity index (χ0n) is 12.3. The highest BCUT2D eigenvalue weighted by Crippen LogP contribution is 2.17. The van der Waals surface area contributed by atoms with Crippen molar-refractivity contribution in [3.8, 4) is 0 Å². The number of carbonyl (C=O) groups excluding carboxylic acids is 1. The summed E-state index contributed by atoms with van der Waals surface area (Å²) in [5.41, 5.74) is 2.12. The Morgan fingerprint density at radius 2 is 2.05 bits per heavy atom. The van der Waals surface area contributed by atoms with E-state index in [1.54, 1.807) is 25.4 Å². The van der Waals surface area contributed by atoms with Crippen LogP contribution in [-0.4, -0.2) is 22.0 Å². The van der Waals surface area contributed by atoms with Crippen molar-refractivity contribution in [1.29, 1.82) is 0 Å². The minimum Gasteiger partial charge on any atom is -0.361 e. The van der Waals surface area contributed by atoms with Crippen molar-refractivity contribution in [2.24, 2.45) is 7.05 Å². The van der Waals surface area contributed by atoms with E-state index in [1.165, 1.54) is 4.57 Å². The van der Waals surface area contributed by atoms with E-state index in [2.05, 4.69) is 16.4 Å². The van der Waals surface area contributed by atoms with Crippen LogP contribution >= 0.6 is 0 Å². The molecule has 0 fully saturated rings. The first-order valence-corrected chi connectivity index (χ1v) is 7.15. The predicted molar refractivity (Wildman–Crippen MR) is 86.0 cm³/mol. The Labute approximate surface area is 127 Å². The third-order valence-corrected chi connectivity index (χ3v) is 3.72. The highest BCUT2D eigenvalue weighted by molar-refractivity contribution is 5.93. The number of aryl methyl sites for hydroxylation is 1. The summed E-state index contributed by atoms with van der Waals surface area (Å²) in [5, 5.41) is 3.96. The molecule has 0 radical (unpaired) electrons. The minimum atomic E-state index is -0.332. The number of pyridine rings is 1. The summed E-state index contributed by atoms with van der Waals surface area (Å²) in [6.45, 7) is 0.485. The van der Waals surface area contributed by atoms with Crippen molar-refractivity contribution in [3.63, 3.8) is 0 Å². The van der Waals surface area contributed by atoms with Crippen LogP contribution in [0.5, 0.6) is 0 Å². The minimum absolute atomic E-state index is 0.170. The summed E-state index contributed by atoms with van der Waals surface area (Å²) in [6.07, 6.45) is 4.30. The van der Waals surface area contributed by atoms with Crippen molar-refractivity contribution < 1.29 is 4.79 Å². The van der Waals surface area contributed by atoms with Gasteiger partial charge >= 0.3 is 0 Å². The second-order valence-corrected chi connectivity index (χ2v) is 5.20. The van der Waals surface area contributed by atoms with Gasteiger partial charge in [-0.2, -0.15) is 0 Å². The maximum atomic E-state index is 12.1. The highest BCUT2D eigenvalue weighted by atomic mass is 16.2. The summed E-state index contributed by atoms with van der Waals surface area (Å²) >= 11 is 0. The molecule has 0 spiro atoms. The van der Waals surface area contributed by atoms with E-state index < -0.39 is 0 Å². The van der Waals surface area contributed by atoms with Crippen molar-refractivity contribution >= 4 is 16.8 Å². The lowest BCUT2D eigenvalue weighted by atomic mass is 10.1. The second kappa shape index (κ2) is 5.89. The molecule has 0 saturated heterocycles. The highest BCUT2D eigenvalue weighted by Gasteiger charge is 2.10. The van der Waals surface area contributed by atoms with Crippen LogP contribution in [0.25, 0.3) is 10.9 Å². The molecular formula is C17H17N3O2. The van der Waals surface area contributed by atoms with Crippen molar-refractivity contribution in [3.05, 3.63) is 70.3 Å². The lowest BCUT2D eigenvalue weighted by Crippen LogP contribution is -2.32.